The Morgan fingerprint density at radius 1 is 1.20 bits per heavy atom. The van der Waals surface area contributed by atoms with E-state index in [4.69, 9.17) is 23.2 Å². The fourth-order valence-electron chi connectivity index (χ4n) is 1.97. The van der Waals surface area contributed by atoms with Crippen LogP contribution >= 0.6 is 39.1 Å². The number of rotatable bonds is 4. The first-order chi connectivity index (χ1) is 9.51. The van der Waals surface area contributed by atoms with Gasteiger partial charge in [-0.05, 0) is 58.2 Å². The first-order valence-electron chi connectivity index (χ1n) is 6.17. The minimum absolute atomic E-state index is 0.000317. The van der Waals surface area contributed by atoms with Crippen LogP contribution in [0.3, 0.4) is 0 Å². The Bertz CT molecular complexity index is 619. The Balaban J connectivity index is 2.26. The standard InChI is InChI=1S/C15H13BrCl2FN/c1-2-15(11-5-3-9(17)7-13(11)18)20-10-4-6-12(16)14(19)8-10/h3-8,15,20H,2H2,1H3. The molecule has 5 heteroatoms. The SMILES string of the molecule is CCC(Nc1ccc(Br)c(F)c1)c1ccc(Cl)cc1Cl. The van der Waals surface area contributed by atoms with Gasteiger partial charge >= 0.3 is 0 Å². The van der Waals surface area contributed by atoms with Crippen LogP contribution in [0.2, 0.25) is 10.0 Å². The summed E-state index contributed by atoms with van der Waals surface area (Å²) in [6.07, 6.45) is 0.818. The largest absolute Gasteiger partial charge is 0.378 e. The molecule has 1 nitrogen and oxygen atoms in total. The number of benzene rings is 2. The second-order valence-corrected chi connectivity index (χ2v) is 6.10. The van der Waals surface area contributed by atoms with Crippen LogP contribution in [0.15, 0.2) is 40.9 Å². The van der Waals surface area contributed by atoms with E-state index in [1.165, 1.54) is 6.07 Å². The molecule has 1 unspecified atom stereocenters. The molecule has 0 radical (unpaired) electrons. The quantitative estimate of drug-likeness (QED) is 0.645. The van der Waals surface area contributed by atoms with Gasteiger partial charge in [-0.25, -0.2) is 4.39 Å². The molecule has 0 amide bonds. The van der Waals surface area contributed by atoms with Crippen LogP contribution in [-0.2, 0) is 0 Å². The van der Waals surface area contributed by atoms with Gasteiger partial charge in [-0.2, -0.15) is 0 Å². The third kappa shape index (κ3) is 3.66. The third-order valence-corrected chi connectivity index (χ3v) is 4.21. The predicted molar refractivity (Wildman–Crippen MR) is 87.2 cm³/mol. The van der Waals surface area contributed by atoms with Gasteiger partial charge in [0.05, 0.1) is 10.5 Å². The molecule has 1 N–H and O–H groups in total. The summed E-state index contributed by atoms with van der Waals surface area (Å²) in [6, 6.07) is 10.4. The van der Waals surface area contributed by atoms with Crippen LogP contribution in [0.25, 0.3) is 0 Å². The summed E-state index contributed by atoms with van der Waals surface area (Å²) in [7, 11) is 0. The molecule has 106 valence electrons. The van der Waals surface area contributed by atoms with Crippen LogP contribution in [0, 0.1) is 5.82 Å². The lowest BCUT2D eigenvalue weighted by molar-refractivity contribution is 0.620. The van der Waals surface area contributed by atoms with Gasteiger partial charge < -0.3 is 5.32 Å². The van der Waals surface area contributed by atoms with E-state index in [2.05, 4.69) is 21.2 Å². The molecule has 0 saturated carbocycles. The lowest BCUT2D eigenvalue weighted by atomic mass is 10.0. The van der Waals surface area contributed by atoms with Gasteiger partial charge in [-0.3, -0.25) is 0 Å². The van der Waals surface area contributed by atoms with Crippen LogP contribution in [0.4, 0.5) is 10.1 Å². The van der Waals surface area contributed by atoms with Gasteiger partial charge in [0.25, 0.3) is 0 Å². The monoisotopic (exact) mass is 375 g/mol. The smallest absolute Gasteiger partial charge is 0.139 e. The minimum Gasteiger partial charge on any atom is -0.378 e. The fourth-order valence-corrected chi connectivity index (χ4v) is 2.76. The van der Waals surface area contributed by atoms with E-state index in [1.807, 2.05) is 19.1 Å². The number of hydrogen-bond acceptors (Lipinski definition) is 1. The Morgan fingerprint density at radius 2 is 1.95 bits per heavy atom. The van der Waals surface area contributed by atoms with Crippen molar-refractivity contribution < 1.29 is 4.39 Å². The van der Waals surface area contributed by atoms with Crippen molar-refractivity contribution in [1.29, 1.82) is 0 Å². The zero-order valence-electron chi connectivity index (χ0n) is 10.8. The maximum absolute atomic E-state index is 13.5. The molecule has 0 aliphatic carbocycles. The molecule has 0 aliphatic heterocycles. The highest BCUT2D eigenvalue weighted by Gasteiger charge is 2.13. The van der Waals surface area contributed by atoms with E-state index in [-0.39, 0.29) is 11.9 Å². The summed E-state index contributed by atoms with van der Waals surface area (Å²) in [5.41, 5.74) is 1.66. The van der Waals surface area contributed by atoms with Gasteiger partial charge in [0, 0.05) is 15.7 Å². The van der Waals surface area contributed by atoms with Crippen molar-refractivity contribution >= 4 is 44.8 Å². The molecule has 20 heavy (non-hydrogen) atoms. The molecule has 0 fully saturated rings. The summed E-state index contributed by atoms with van der Waals surface area (Å²) in [6.45, 7) is 2.04. The lowest BCUT2D eigenvalue weighted by Crippen LogP contribution is -2.10. The maximum Gasteiger partial charge on any atom is 0.139 e. The van der Waals surface area contributed by atoms with E-state index >= 15 is 0 Å². The molecule has 1 atom stereocenters. The molecule has 2 rings (SSSR count). The molecule has 2 aromatic rings. The molecule has 0 heterocycles. The minimum atomic E-state index is -0.299. The number of halogens is 4. The topological polar surface area (TPSA) is 12.0 Å². The van der Waals surface area contributed by atoms with E-state index in [1.54, 1.807) is 18.2 Å². The number of nitrogens with one attached hydrogen (secondary N) is 1. The van der Waals surface area contributed by atoms with Crippen molar-refractivity contribution in [2.45, 2.75) is 19.4 Å². The summed E-state index contributed by atoms with van der Waals surface area (Å²) in [4.78, 5) is 0. The molecular weight excluding hydrogens is 364 g/mol. The van der Waals surface area contributed by atoms with Crippen LogP contribution in [-0.4, -0.2) is 0 Å². The van der Waals surface area contributed by atoms with Crippen molar-refractivity contribution in [2.75, 3.05) is 5.32 Å². The molecule has 0 bridgehead atoms. The zero-order valence-corrected chi connectivity index (χ0v) is 13.9. The zero-order chi connectivity index (χ0) is 14.7. The van der Waals surface area contributed by atoms with E-state index < -0.39 is 0 Å². The Hall–Kier alpha value is -0.770. The normalized spacial score (nSPS) is 12.2. The first-order valence-corrected chi connectivity index (χ1v) is 7.72. The molecule has 2 aromatic carbocycles. The van der Waals surface area contributed by atoms with Crippen LogP contribution in [0.1, 0.15) is 24.9 Å². The molecule has 0 saturated heterocycles. The summed E-state index contributed by atoms with van der Waals surface area (Å²) in [5, 5.41) is 4.49. The predicted octanol–water partition coefficient (Wildman–Crippen LogP) is 6.46. The maximum atomic E-state index is 13.5. The van der Waals surface area contributed by atoms with E-state index in [0.717, 1.165) is 12.0 Å². The summed E-state index contributed by atoms with van der Waals surface area (Å²) >= 11 is 15.3. The van der Waals surface area contributed by atoms with E-state index in [0.29, 0.717) is 20.2 Å². The highest BCUT2D eigenvalue weighted by molar-refractivity contribution is 9.10. The van der Waals surface area contributed by atoms with Crippen molar-refractivity contribution in [3.05, 3.63) is 62.3 Å². The molecule has 0 aliphatic rings. The second-order valence-electron chi connectivity index (χ2n) is 4.40. The number of hydrogen-bond donors (Lipinski definition) is 1. The van der Waals surface area contributed by atoms with Gasteiger partial charge in [-0.1, -0.05) is 36.2 Å². The van der Waals surface area contributed by atoms with Gasteiger partial charge in [0.1, 0.15) is 5.82 Å². The van der Waals surface area contributed by atoms with Gasteiger partial charge in [0.15, 0.2) is 0 Å². The van der Waals surface area contributed by atoms with E-state index in [9.17, 15) is 4.39 Å². The molecular formula is C15H13BrCl2FN. The third-order valence-electron chi connectivity index (χ3n) is 3.01. The van der Waals surface area contributed by atoms with Crippen molar-refractivity contribution in [3.8, 4) is 0 Å². The highest BCUT2D eigenvalue weighted by atomic mass is 79.9. The molecule has 0 spiro atoms. The van der Waals surface area contributed by atoms with Gasteiger partial charge in [0.2, 0.25) is 0 Å². The fraction of sp³-hybridized carbons (Fsp3) is 0.200. The average molecular weight is 377 g/mol. The van der Waals surface area contributed by atoms with Crippen molar-refractivity contribution in [1.82, 2.24) is 0 Å². The Kier molecular flexibility index (Phi) is 5.30. The Labute approximate surface area is 136 Å². The first kappa shape index (κ1) is 15.6. The van der Waals surface area contributed by atoms with Crippen LogP contribution in [0.5, 0.6) is 0 Å². The number of anilines is 1. The summed E-state index contributed by atoms with van der Waals surface area (Å²) in [5.74, 6) is -0.299. The van der Waals surface area contributed by atoms with Crippen molar-refractivity contribution in [3.63, 3.8) is 0 Å². The second kappa shape index (κ2) is 6.79. The lowest BCUT2D eigenvalue weighted by Gasteiger charge is -2.20. The van der Waals surface area contributed by atoms with Crippen molar-refractivity contribution in [2.24, 2.45) is 0 Å². The Morgan fingerprint density at radius 3 is 2.55 bits per heavy atom. The van der Waals surface area contributed by atoms with Gasteiger partial charge in [-0.15, -0.1) is 0 Å². The average Bonchev–Trinajstić information content (AvgIpc) is 2.41. The van der Waals surface area contributed by atoms with Crippen LogP contribution < -0.4 is 5.32 Å². The summed E-state index contributed by atoms with van der Waals surface area (Å²) < 4.78 is 14.0. The molecule has 0 aromatic heterocycles. The highest BCUT2D eigenvalue weighted by Crippen LogP contribution is 2.31.